The van der Waals surface area contributed by atoms with Crippen LogP contribution in [0.25, 0.3) is 0 Å². The van der Waals surface area contributed by atoms with Crippen LogP contribution in [-0.2, 0) is 0 Å². The summed E-state index contributed by atoms with van der Waals surface area (Å²) in [6.07, 6.45) is 0. The summed E-state index contributed by atoms with van der Waals surface area (Å²) in [6.45, 7) is 1.63. The first-order valence-electron chi connectivity index (χ1n) is 3.42. The van der Waals surface area contributed by atoms with Gasteiger partial charge in [-0.15, -0.1) is 0 Å². The Morgan fingerprint density at radius 3 is 2.25 bits per heavy atom. The quantitative estimate of drug-likeness (QED) is 0.540. The van der Waals surface area contributed by atoms with E-state index in [2.05, 4.69) is 0 Å². The molecule has 0 aliphatic heterocycles. The standard InChI is InChI=1S/C8H10N2O2/c1-4-5(9)2-3-6(10)7(4)8(11)12/h2-3H,9-10H2,1H3,(H,11,12). The number of nitrogens with two attached hydrogens (primary N) is 2. The van der Waals surface area contributed by atoms with E-state index in [0.717, 1.165) is 0 Å². The van der Waals surface area contributed by atoms with Gasteiger partial charge in [0.1, 0.15) is 0 Å². The van der Waals surface area contributed by atoms with Crippen LogP contribution in [0.3, 0.4) is 0 Å². The number of anilines is 2. The Kier molecular flexibility index (Phi) is 1.91. The van der Waals surface area contributed by atoms with E-state index in [0.29, 0.717) is 11.3 Å². The second-order valence-electron chi connectivity index (χ2n) is 2.55. The first-order valence-corrected chi connectivity index (χ1v) is 3.42. The molecule has 1 aromatic carbocycles. The number of benzene rings is 1. The zero-order valence-electron chi connectivity index (χ0n) is 6.66. The summed E-state index contributed by atoms with van der Waals surface area (Å²) in [5, 5.41) is 8.74. The van der Waals surface area contributed by atoms with Crippen LogP contribution >= 0.6 is 0 Å². The van der Waals surface area contributed by atoms with Crippen molar-refractivity contribution in [2.75, 3.05) is 11.5 Å². The van der Waals surface area contributed by atoms with Crippen molar-refractivity contribution in [1.82, 2.24) is 0 Å². The van der Waals surface area contributed by atoms with Gasteiger partial charge in [-0.05, 0) is 24.6 Å². The van der Waals surface area contributed by atoms with Gasteiger partial charge in [0.15, 0.2) is 0 Å². The predicted octanol–water partition coefficient (Wildman–Crippen LogP) is 0.858. The number of aromatic carboxylic acids is 1. The van der Waals surface area contributed by atoms with Crippen molar-refractivity contribution >= 4 is 17.3 Å². The van der Waals surface area contributed by atoms with E-state index in [-0.39, 0.29) is 11.3 Å². The van der Waals surface area contributed by atoms with Crippen LogP contribution in [0.5, 0.6) is 0 Å². The molecule has 0 saturated heterocycles. The number of hydrogen-bond acceptors (Lipinski definition) is 3. The molecule has 0 unspecified atom stereocenters. The number of nitrogen functional groups attached to an aromatic ring is 2. The fraction of sp³-hybridized carbons (Fsp3) is 0.125. The molecular weight excluding hydrogens is 156 g/mol. The third-order valence-corrected chi connectivity index (χ3v) is 1.75. The largest absolute Gasteiger partial charge is 0.478 e. The van der Waals surface area contributed by atoms with E-state index in [1.807, 2.05) is 0 Å². The highest BCUT2D eigenvalue weighted by atomic mass is 16.4. The molecule has 0 radical (unpaired) electrons. The lowest BCUT2D eigenvalue weighted by Gasteiger charge is -2.06. The van der Waals surface area contributed by atoms with Gasteiger partial charge in [-0.3, -0.25) is 0 Å². The Morgan fingerprint density at radius 2 is 1.83 bits per heavy atom. The van der Waals surface area contributed by atoms with Crippen LogP contribution in [0, 0.1) is 6.92 Å². The monoisotopic (exact) mass is 166 g/mol. The average Bonchev–Trinajstić information content (AvgIpc) is 1.97. The number of carboxylic acids is 1. The lowest BCUT2D eigenvalue weighted by molar-refractivity contribution is 0.0697. The van der Waals surface area contributed by atoms with E-state index in [1.165, 1.54) is 6.07 Å². The molecule has 0 aliphatic carbocycles. The number of carboxylic acid groups (broad SMARTS) is 1. The van der Waals surface area contributed by atoms with Crippen LogP contribution in [0.1, 0.15) is 15.9 Å². The molecule has 0 spiro atoms. The average molecular weight is 166 g/mol. The Balaban J connectivity index is 3.43. The van der Waals surface area contributed by atoms with Gasteiger partial charge in [-0.1, -0.05) is 0 Å². The summed E-state index contributed by atoms with van der Waals surface area (Å²) in [4.78, 5) is 10.7. The SMILES string of the molecule is Cc1c(N)ccc(N)c1C(=O)O. The second-order valence-corrected chi connectivity index (χ2v) is 2.55. The van der Waals surface area contributed by atoms with E-state index in [4.69, 9.17) is 16.6 Å². The number of carbonyl (C=O) groups is 1. The lowest BCUT2D eigenvalue weighted by Crippen LogP contribution is -2.06. The van der Waals surface area contributed by atoms with Crippen LogP contribution in [0.4, 0.5) is 11.4 Å². The first-order chi connectivity index (χ1) is 5.54. The molecule has 5 N–H and O–H groups in total. The fourth-order valence-electron chi connectivity index (χ4n) is 1.03. The Morgan fingerprint density at radius 1 is 1.33 bits per heavy atom. The molecule has 4 nitrogen and oxygen atoms in total. The van der Waals surface area contributed by atoms with Gasteiger partial charge in [0.05, 0.1) is 5.56 Å². The Labute approximate surface area is 69.8 Å². The molecule has 0 bridgehead atoms. The zero-order chi connectivity index (χ0) is 9.30. The summed E-state index contributed by atoms with van der Waals surface area (Å²) in [6, 6.07) is 3.09. The normalized spacial score (nSPS) is 9.75. The minimum absolute atomic E-state index is 0.0926. The van der Waals surface area contributed by atoms with Gasteiger partial charge in [-0.25, -0.2) is 4.79 Å². The summed E-state index contributed by atoms with van der Waals surface area (Å²) >= 11 is 0. The Hall–Kier alpha value is -1.71. The molecule has 4 heteroatoms. The van der Waals surface area contributed by atoms with Crippen molar-refractivity contribution in [2.24, 2.45) is 0 Å². The van der Waals surface area contributed by atoms with Gasteiger partial charge >= 0.3 is 5.97 Å². The molecule has 0 saturated carbocycles. The van der Waals surface area contributed by atoms with Gasteiger partial charge in [0.2, 0.25) is 0 Å². The highest BCUT2D eigenvalue weighted by Crippen LogP contribution is 2.21. The van der Waals surface area contributed by atoms with Crippen LogP contribution in [0.2, 0.25) is 0 Å². The van der Waals surface area contributed by atoms with Crippen molar-refractivity contribution in [1.29, 1.82) is 0 Å². The molecule has 0 amide bonds. The van der Waals surface area contributed by atoms with Crippen LogP contribution in [-0.4, -0.2) is 11.1 Å². The summed E-state index contributed by atoms with van der Waals surface area (Å²) in [7, 11) is 0. The maximum absolute atomic E-state index is 10.7. The summed E-state index contributed by atoms with van der Waals surface area (Å²) in [5.74, 6) is -1.04. The van der Waals surface area contributed by atoms with E-state index in [9.17, 15) is 4.79 Å². The topological polar surface area (TPSA) is 89.3 Å². The van der Waals surface area contributed by atoms with Crippen molar-refractivity contribution in [3.05, 3.63) is 23.3 Å². The fourth-order valence-corrected chi connectivity index (χ4v) is 1.03. The maximum Gasteiger partial charge on any atom is 0.338 e. The molecule has 0 aliphatic rings. The van der Waals surface area contributed by atoms with E-state index >= 15 is 0 Å². The van der Waals surface area contributed by atoms with Crippen molar-refractivity contribution < 1.29 is 9.90 Å². The smallest absolute Gasteiger partial charge is 0.338 e. The molecule has 0 aromatic heterocycles. The molecule has 0 fully saturated rings. The molecule has 0 heterocycles. The van der Waals surface area contributed by atoms with Crippen molar-refractivity contribution in [2.45, 2.75) is 6.92 Å². The molecule has 1 rings (SSSR count). The summed E-state index contributed by atoms with van der Waals surface area (Å²) in [5.41, 5.74) is 12.3. The van der Waals surface area contributed by atoms with Gasteiger partial charge < -0.3 is 16.6 Å². The zero-order valence-corrected chi connectivity index (χ0v) is 6.66. The number of rotatable bonds is 1. The van der Waals surface area contributed by atoms with Crippen LogP contribution < -0.4 is 11.5 Å². The highest BCUT2D eigenvalue weighted by molar-refractivity contribution is 5.96. The predicted molar refractivity (Wildman–Crippen MR) is 47.0 cm³/mol. The highest BCUT2D eigenvalue weighted by Gasteiger charge is 2.12. The van der Waals surface area contributed by atoms with Gasteiger partial charge in [-0.2, -0.15) is 0 Å². The van der Waals surface area contributed by atoms with E-state index in [1.54, 1.807) is 13.0 Å². The minimum atomic E-state index is -1.04. The van der Waals surface area contributed by atoms with Gasteiger partial charge in [0.25, 0.3) is 0 Å². The molecule has 1 aromatic rings. The third-order valence-electron chi connectivity index (χ3n) is 1.75. The molecule has 64 valence electrons. The lowest BCUT2D eigenvalue weighted by atomic mass is 10.1. The molecule has 12 heavy (non-hydrogen) atoms. The van der Waals surface area contributed by atoms with Crippen molar-refractivity contribution in [3.63, 3.8) is 0 Å². The summed E-state index contributed by atoms with van der Waals surface area (Å²) < 4.78 is 0. The Bertz CT molecular complexity index is 334. The second kappa shape index (κ2) is 2.73. The van der Waals surface area contributed by atoms with Crippen molar-refractivity contribution in [3.8, 4) is 0 Å². The maximum atomic E-state index is 10.7. The number of hydrogen-bond donors (Lipinski definition) is 3. The minimum Gasteiger partial charge on any atom is -0.478 e. The third kappa shape index (κ3) is 1.18. The van der Waals surface area contributed by atoms with Gasteiger partial charge in [0, 0.05) is 11.4 Å². The van der Waals surface area contributed by atoms with Crippen LogP contribution in [0.15, 0.2) is 12.1 Å². The van der Waals surface area contributed by atoms with E-state index < -0.39 is 5.97 Å². The molecule has 0 atom stereocenters. The first kappa shape index (κ1) is 8.39. The molecular formula is C8H10N2O2.